The maximum atomic E-state index is 13.3. The molecule has 100 heavy (non-hydrogen) atoms. The van der Waals surface area contributed by atoms with Crippen molar-refractivity contribution < 1.29 is 29.0 Å². The lowest BCUT2D eigenvalue weighted by molar-refractivity contribution is 0.0642. The number of rotatable bonds is 9. The molecule has 0 saturated carbocycles. The van der Waals surface area contributed by atoms with Crippen molar-refractivity contribution in [3.8, 4) is 17.2 Å². The number of aromatic hydroxyl groups is 1. The van der Waals surface area contributed by atoms with E-state index in [1.165, 1.54) is 90.0 Å². The van der Waals surface area contributed by atoms with Gasteiger partial charge in [0.2, 0.25) is 16.3 Å². The molecule has 17 nitrogen and oxygen atoms in total. The van der Waals surface area contributed by atoms with Crippen LogP contribution in [0.4, 0.5) is 0 Å². The summed E-state index contributed by atoms with van der Waals surface area (Å²) in [6.07, 6.45) is 10.8. The van der Waals surface area contributed by atoms with E-state index in [0.717, 1.165) is 54.7 Å². The monoisotopic (exact) mass is 1330 g/mol. The van der Waals surface area contributed by atoms with Crippen LogP contribution in [0.25, 0.3) is 0 Å². The Morgan fingerprint density at radius 2 is 0.660 bits per heavy atom. The molecule has 6 N–H and O–H groups in total. The van der Waals surface area contributed by atoms with Crippen LogP contribution >= 0.6 is 0 Å². The van der Waals surface area contributed by atoms with Crippen molar-refractivity contribution in [1.29, 1.82) is 0 Å². The van der Waals surface area contributed by atoms with Crippen molar-refractivity contribution in [1.82, 2.24) is 29.0 Å². The van der Waals surface area contributed by atoms with Gasteiger partial charge >= 0.3 is 0 Å². The molecular formula is C83H74N8O9. The third kappa shape index (κ3) is 12.2. The second-order valence-electron chi connectivity index (χ2n) is 26.3. The van der Waals surface area contributed by atoms with Crippen LogP contribution in [0, 0.1) is 0 Å². The van der Waals surface area contributed by atoms with Crippen molar-refractivity contribution in [2.75, 3.05) is 19.6 Å². The Morgan fingerprint density at radius 1 is 0.360 bits per heavy atom. The molecule has 11 aromatic rings. The van der Waals surface area contributed by atoms with Gasteiger partial charge in [-0.25, -0.2) is 11.7 Å². The molecule has 17 rings (SSSR count). The summed E-state index contributed by atoms with van der Waals surface area (Å²) < 4.78 is 17.6. The van der Waals surface area contributed by atoms with Crippen LogP contribution in [0.2, 0.25) is 0 Å². The molecule has 0 radical (unpaired) electrons. The average Bonchev–Trinajstić information content (AvgIpc) is 1.30. The van der Waals surface area contributed by atoms with Gasteiger partial charge < -0.3 is 33.6 Å². The fourth-order valence-corrected chi connectivity index (χ4v) is 16.0. The fourth-order valence-electron chi connectivity index (χ4n) is 16.0. The lowest BCUT2D eigenvalue weighted by atomic mass is 9.81. The lowest BCUT2D eigenvalue weighted by Gasteiger charge is -2.39. The predicted octanol–water partition coefficient (Wildman–Crippen LogP) is 11.2. The summed E-state index contributed by atoms with van der Waals surface area (Å²) in [5, 5.41) is 15.7. The number of hydrogen-bond acceptors (Lipinski definition) is 11. The number of benzene rings is 8. The third-order valence-electron chi connectivity index (χ3n) is 20.7. The van der Waals surface area contributed by atoms with E-state index in [-0.39, 0.29) is 95.3 Å². The summed E-state index contributed by atoms with van der Waals surface area (Å²) in [6, 6.07) is 73.9. The molecule has 3 aromatic heterocycles. The summed E-state index contributed by atoms with van der Waals surface area (Å²) in [6.45, 7) is 1.48. The average molecular weight is 1330 g/mol. The number of carbonyl (C=O) groups is 3. The van der Waals surface area contributed by atoms with Crippen LogP contribution in [0.5, 0.6) is 17.2 Å². The predicted molar refractivity (Wildman–Crippen MR) is 382 cm³/mol. The second kappa shape index (κ2) is 27.7. The van der Waals surface area contributed by atoms with Gasteiger partial charge in [0.15, 0.2) is 34.3 Å². The van der Waals surface area contributed by atoms with Crippen molar-refractivity contribution in [2.24, 2.45) is 11.7 Å². The van der Waals surface area contributed by atoms with E-state index < -0.39 is 23.0 Å². The first-order chi connectivity index (χ1) is 48.9. The Kier molecular flexibility index (Phi) is 17.8. The quantitative estimate of drug-likeness (QED) is 0.0785. The van der Waals surface area contributed by atoms with Gasteiger partial charge in [-0.1, -0.05) is 206 Å². The number of hydrogen-bond donors (Lipinski definition) is 4. The number of aryl methyl sites for hydroxylation is 6. The maximum absolute atomic E-state index is 13.3. The largest absolute Gasteiger partial charge is 0.503 e. The molecule has 3 aliphatic heterocycles. The Bertz CT molecular complexity index is 5000. The molecule has 6 heterocycles. The summed E-state index contributed by atoms with van der Waals surface area (Å²) in [5.41, 5.74) is 16.3. The number of hydrazine groups is 2. The van der Waals surface area contributed by atoms with E-state index in [0.29, 0.717) is 18.8 Å². The number of fused-ring (bicyclic) bond motifs is 9. The number of amides is 3. The van der Waals surface area contributed by atoms with Gasteiger partial charge in [-0.05, 0) is 116 Å². The highest BCUT2D eigenvalue weighted by Gasteiger charge is 2.43. The normalized spacial score (nSPS) is 17.5. The molecule has 3 atom stereocenters. The summed E-state index contributed by atoms with van der Waals surface area (Å²) in [5.74, 6) is 10.6. The van der Waals surface area contributed by atoms with Crippen LogP contribution in [-0.2, 0) is 51.7 Å². The number of nitrogens with two attached hydrogens (primary N) is 2. The van der Waals surface area contributed by atoms with Gasteiger partial charge in [0.05, 0.1) is 31.2 Å². The van der Waals surface area contributed by atoms with E-state index in [1.54, 1.807) is 23.2 Å². The van der Waals surface area contributed by atoms with E-state index >= 15 is 0 Å². The smallest absolute Gasteiger partial charge is 0.288 e. The molecule has 0 fully saturated rings. The second-order valence-corrected chi connectivity index (χ2v) is 26.3. The van der Waals surface area contributed by atoms with Crippen molar-refractivity contribution in [3.63, 3.8) is 0 Å². The third-order valence-corrected chi connectivity index (χ3v) is 20.7. The van der Waals surface area contributed by atoms with Crippen molar-refractivity contribution in [3.05, 3.63) is 369 Å². The number of nitrogens with zero attached hydrogens (tertiary/aromatic N) is 5. The van der Waals surface area contributed by atoms with Gasteiger partial charge in [-0.3, -0.25) is 38.8 Å². The highest BCUT2D eigenvalue weighted by molar-refractivity contribution is 5.97. The standard InChI is InChI=1S/C30H27N3O3.C30H26N2O3.C23H21N3O3/c31-33-18-25(27-23-12-6-4-10-21(23)14-15-22-11-5-7-13-24(22)27)32-17-16-26(34)29(28(32)30(33)35)36-19-20-8-2-1-3-9-20;33-26-16-17-32-25(18-31-30(34)28(32)29(26)35-19-20-8-2-1-3-9-20)27-23-12-6-4-10-21(23)14-15-22-11-5-7-13-24(22)27;24-26-13-18(25-12-11-19(27)22(28)21(25)23(26)29)20-16-7-3-1-5-14(16)9-10-15-6-2-4-8-17(15)20/h1-13,16-17,25,27H,14-15,18-19,31H2;1-13,16-17,25,27H,14-15,18-19H2,(H,31,34);1-8,11-12,18,20,28H,9-10,13,24H2. The summed E-state index contributed by atoms with van der Waals surface area (Å²) in [4.78, 5) is 76.9. The number of ether oxygens (including phenoxy) is 2. The molecule has 3 amide bonds. The molecule has 0 saturated heterocycles. The highest BCUT2D eigenvalue weighted by Crippen LogP contribution is 2.47. The van der Waals surface area contributed by atoms with Crippen LogP contribution in [0.1, 0.15) is 145 Å². The zero-order chi connectivity index (χ0) is 68.5. The van der Waals surface area contributed by atoms with Crippen LogP contribution in [0.15, 0.2) is 257 Å². The minimum absolute atomic E-state index is 0.0359. The maximum Gasteiger partial charge on any atom is 0.288 e. The van der Waals surface area contributed by atoms with E-state index in [4.69, 9.17) is 21.2 Å². The number of aromatic nitrogens is 3. The molecule has 8 aromatic carbocycles. The molecule has 500 valence electrons. The van der Waals surface area contributed by atoms with Crippen LogP contribution < -0.4 is 42.8 Å². The van der Waals surface area contributed by atoms with E-state index in [2.05, 4.69) is 127 Å². The molecule has 6 aliphatic rings. The van der Waals surface area contributed by atoms with Gasteiger partial charge in [0.1, 0.15) is 13.2 Å². The first kappa shape index (κ1) is 64.3. The van der Waals surface area contributed by atoms with Crippen molar-refractivity contribution in [2.45, 2.75) is 87.6 Å². The Hall–Kier alpha value is -11.7. The van der Waals surface area contributed by atoms with E-state index in [9.17, 15) is 33.9 Å². The molecule has 17 heteroatoms. The van der Waals surface area contributed by atoms with Gasteiger partial charge in [-0.2, -0.15) is 0 Å². The molecule has 0 bridgehead atoms. The number of nitrogens with one attached hydrogen (secondary N) is 1. The molecule has 0 spiro atoms. The van der Waals surface area contributed by atoms with Gasteiger partial charge in [0, 0.05) is 61.1 Å². The Balaban J connectivity index is 0.000000123. The Morgan fingerprint density at radius 3 is 1.04 bits per heavy atom. The molecular weight excluding hydrogens is 1250 g/mol. The zero-order valence-electron chi connectivity index (χ0n) is 54.9. The summed E-state index contributed by atoms with van der Waals surface area (Å²) in [7, 11) is 0. The summed E-state index contributed by atoms with van der Waals surface area (Å²) >= 11 is 0. The molecule has 3 unspecified atom stereocenters. The van der Waals surface area contributed by atoms with Crippen LogP contribution in [-0.4, -0.2) is 66.2 Å². The number of pyridine rings is 3. The van der Waals surface area contributed by atoms with Crippen LogP contribution in [0.3, 0.4) is 0 Å². The zero-order valence-corrected chi connectivity index (χ0v) is 54.9. The highest BCUT2D eigenvalue weighted by atomic mass is 16.5. The molecule has 3 aliphatic carbocycles. The Labute approximate surface area is 577 Å². The SMILES string of the molecule is NN1CC(C2c3ccccc3CCc3ccccc32)n2ccc(=O)c(O)c2C1=O.NN1CC(C2c3ccccc3CCc3ccccc32)n2ccc(=O)c(OCc3ccccc3)c2C1=O.O=C1NCC(C2c3ccccc3CCc3ccccc32)n2ccc(=O)c(OCc3ccccc3)c21. The minimum Gasteiger partial charge on any atom is -0.503 e. The lowest BCUT2D eigenvalue weighted by Crippen LogP contribution is -2.49. The minimum atomic E-state index is -0.583. The fraction of sp³-hybridized carbons (Fsp3) is 0.205. The van der Waals surface area contributed by atoms with Gasteiger partial charge in [-0.15, -0.1) is 0 Å². The number of carbonyl (C=O) groups excluding carboxylic acids is 3. The van der Waals surface area contributed by atoms with E-state index in [1.807, 2.05) is 94.1 Å². The topological polar surface area (TPSA) is 226 Å². The first-order valence-electron chi connectivity index (χ1n) is 34.0. The van der Waals surface area contributed by atoms with Crippen molar-refractivity contribution >= 4 is 17.7 Å². The van der Waals surface area contributed by atoms with Gasteiger partial charge in [0.25, 0.3) is 17.7 Å². The first-order valence-corrected chi connectivity index (χ1v) is 34.0.